The minimum Gasteiger partial charge on any atom is -0.478 e. The summed E-state index contributed by atoms with van der Waals surface area (Å²) in [6, 6.07) is 5.80. The van der Waals surface area contributed by atoms with Gasteiger partial charge >= 0.3 is 18.0 Å². The molecule has 2 heterocycles. The highest BCUT2D eigenvalue weighted by atomic mass is 16.7. The molecule has 0 fully saturated rings. The number of aliphatic carboxylic acids is 1. The molecule has 15 nitrogen and oxygen atoms in total. The Kier molecular flexibility index (Phi) is 9.72. The molecular formula is C26H26N6O9. The number of hydrogen-bond donors (Lipinski definition) is 5. The van der Waals surface area contributed by atoms with Crippen molar-refractivity contribution in [2.24, 2.45) is 0 Å². The predicted molar refractivity (Wildman–Crippen MR) is 143 cm³/mol. The number of rotatable bonds is 10. The molecule has 1 aromatic carbocycles. The molecule has 0 saturated carbocycles. The zero-order valence-electron chi connectivity index (χ0n) is 22.1. The number of aromatic amines is 1. The van der Waals surface area contributed by atoms with Gasteiger partial charge in [0.2, 0.25) is 6.79 Å². The van der Waals surface area contributed by atoms with Gasteiger partial charge in [-0.1, -0.05) is 11.2 Å². The molecule has 0 atom stereocenters. The first kappa shape index (κ1) is 29.8. The van der Waals surface area contributed by atoms with E-state index in [2.05, 4.69) is 20.8 Å². The van der Waals surface area contributed by atoms with E-state index in [-0.39, 0.29) is 28.3 Å². The van der Waals surface area contributed by atoms with Crippen LogP contribution in [-0.4, -0.2) is 64.3 Å². The van der Waals surface area contributed by atoms with Gasteiger partial charge in [0.1, 0.15) is 6.26 Å². The SMILES string of the molecule is CCNC(=O)c1c[nH]c(C(=N)N(C(=O)OCOC(=O)/C=C/C(=O)O)c2cc(C(=O)Nc3ccon3)ccc2C)c1C. The smallest absolute Gasteiger partial charge is 0.423 e. The van der Waals surface area contributed by atoms with E-state index in [0.29, 0.717) is 29.8 Å². The first-order valence-corrected chi connectivity index (χ1v) is 12.0. The van der Waals surface area contributed by atoms with Gasteiger partial charge in [0.25, 0.3) is 11.8 Å². The van der Waals surface area contributed by atoms with Crippen LogP contribution in [0.5, 0.6) is 0 Å². The van der Waals surface area contributed by atoms with Crippen LogP contribution in [0, 0.1) is 19.3 Å². The minimum atomic E-state index is -1.38. The van der Waals surface area contributed by atoms with Gasteiger partial charge in [-0.2, -0.15) is 0 Å². The summed E-state index contributed by atoms with van der Waals surface area (Å²) in [4.78, 5) is 64.4. The molecule has 15 heteroatoms. The summed E-state index contributed by atoms with van der Waals surface area (Å²) in [6.45, 7) is 4.42. The van der Waals surface area contributed by atoms with Crippen molar-refractivity contribution in [3.05, 3.63) is 76.8 Å². The van der Waals surface area contributed by atoms with Gasteiger partial charge in [0.15, 0.2) is 11.7 Å². The van der Waals surface area contributed by atoms with Crippen LogP contribution in [0.4, 0.5) is 16.3 Å². The summed E-state index contributed by atoms with van der Waals surface area (Å²) in [5, 5.41) is 26.3. The number of esters is 1. The highest BCUT2D eigenvalue weighted by Gasteiger charge is 2.29. The molecule has 41 heavy (non-hydrogen) atoms. The number of H-pyrrole nitrogens is 1. The van der Waals surface area contributed by atoms with Crippen molar-refractivity contribution in [2.75, 3.05) is 23.6 Å². The Bertz CT molecular complexity index is 1510. The molecular weight excluding hydrogens is 540 g/mol. The number of nitrogens with zero attached hydrogens (tertiary/aromatic N) is 2. The lowest BCUT2D eigenvalue weighted by Crippen LogP contribution is -2.39. The largest absolute Gasteiger partial charge is 0.478 e. The summed E-state index contributed by atoms with van der Waals surface area (Å²) >= 11 is 0. The summed E-state index contributed by atoms with van der Waals surface area (Å²) in [5.41, 5.74) is 1.33. The average Bonchev–Trinajstić information content (AvgIpc) is 3.58. The molecule has 0 aliphatic heterocycles. The number of benzene rings is 1. The zero-order valence-corrected chi connectivity index (χ0v) is 22.1. The van der Waals surface area contributed by atoms with Gasteiger partial charge in [-0.3, -0.25) is 15.0 Å². The summed E-state index contributed by atoms with van der Waals surface area (Å²) in [6.07, 6.45) is 2.66. The van der Waals surface area contributed by atoms with Crippen molar-refractivity contribution < 1.29 is 43.1 Å². The topological polar surface area (TPSA) is 217 Å². The van der Waals surface area contributed by atoms with Crippen molar-refractivity contribution in [3.63, 3.8) is 0 Å². The molecule has 0 spiro atoms. The van der Waals surface area contributed by atoms with Gasteiger partial charge in [0.05, 0.1) is 16.9 Å². The van der Waals surface area contributed by atoms with E-state index in [1.54, 1.807) is 26.8 Å². The molecule has 214 valence electrons. The van der Waals surface area contributed by atoms with E-state index in [1.165, 1.54) is 30.7 Å². The molecule has 0 saturated heterocycles. The number of hydrogen-bond acceptors (Lipinski definition) is 10. The van der Waals surface area contributed by atoms with E-state index in [1.807, 2.05) is 0 Å². The van der Waals surface area contributed by atoms with Crippen molar-refractivity contribution in [1.29, 1.82) is 5.41 Å². The molecule has 5 N–H and O–H groups in total. The van der Waals surface area contributed by atoms with Crippen molar-refractivity contribution >= 4 is 47.2 Å². The Hall–Kier alpha value is -5.73. The number of carboxylic acid groups (broad SMARTS) is 1. The number of ether oxygens (including phenoxy) is 2. The highest BCUT2D eigenvalue weighted by molar-refractivity contribution is 6.21. The third-order valence-electron chi connectivity index (χ3n) is 5.50. The first-order valence-electron chi connectivity index (χ1n) is 12.0. The maximum Gasteiger partial charge on any atom is 0.423 e. The maximum atomic E-state index is 13.3. The van der Waals surface area contributed by atoms with E-state index in [9.17, 15) is 24.0 Å². The second-order valence-electron chi connectivity index (χ2n) is 8.25. The average molecular weight is 567 g/mol. The van der Waals surface area contributed by atoms with Crippen molar-refractivity contribution in [3.8, 4) is 0 Å². The highest BCUT2D eigenvalue weighted by Crippen LogP contribution is 2.26. The maximum absolute atomic E-state index is 13.3. The second kappa shape index (κ2) is 13.4. The normalized spacial score (nSPS) is 10.6. The Morgan fingerprint density at radius 3 is 2.54 bits per heavy atom. The molecule has 3 amide bonds. The Morgan fingerprint density at radius 1 is 1.12 bits per heavy atom. The van der Waals surface area contributed by atoms with Gasteiger partial charge in [-0.15, -0.1) is 0 Å². The molecule has 0 bridgehead atoms. The summed E-state index contributed by atoms with van der Waals surface area (Å²) in [5.74, 6) is -3.74. The van der Waals surface area contributed by atoms with Crippen LogP contribution in [0.25, 0.3) is 0 Å². The number of anilines is 2. The first-order chi connectivity index (χ1) is 19.5. The van der Waals surface area contributed by atoms with Crippen LogP contribution < -0.4 is 15.5 Å². The quantitative estimate of drug-likeness (QED) is 0.0794. The van der Waals surface area contributed by atoms with E-state index < -0.39 is 42.5 Å². The lowest BCUT2D eigenvalue weighted by molar-refractivity contribution is -0.146. The lowest BCUT2D eigenvalue weighted by atomic mass is 10.1. The number of amides is 3. The lowest BCUT2D eigenvalue weighted by Gasteiger charge is -2.24. The number of carboxylic acids is 1. The Morgan fingerprint density at radius 2 is 1.88 bits per heavy atom. The van der Waals surface area contributed by atoms with Gasteiger partial charge < -0.3 is 34.7 Å². The fourth-order valence-electron chi connectivity index (χ4n) is 3.50. The molecule has 3 aromatic rings. The number of aromatic nitrogens is 2. The van der Waals surface area contributed by atoms with Crippen LogP contribution in [-0.2, 0) is 19.1 Å². The van der Waals surface area contributed by atoms with Crippen LogP contribution >= 0.6 is 0 Å². The number of nitrogens with one attached hydrogen (secondary N) is 4. The number of carbonyl (C=O) groups is 5. The Balaban J connectivity index is 1.96. The standard InChI is InChI=1S/C26H26N6O9/c1-4-28-25(37)17-12-29-22(15(17)3)23(27)32(26(38)40-13-39-21(35)8-7-20(33)34)18-11-16(6-5-14(18)2)24(36)30-19-9-10-41-31-19/h5-12,27,29H,4,13H2,1-3H3,(H,28,37)(H,33,34)(H,30,31,36)/b8-7+,27-23?. The molecule has 0 aliphatic carbocycles. The third-order valence-corrected chi connectivity index (χ3v) is 5.50. The van der Waals surface area contributed by atoms with E-state index in [4.69, 9.17) is 24.5 Å². The second-order valence-corrected chi connectivity index (χ2v) is 8.25. The molecule has 2 aromatic heterocycles. The fourth-order valence-corrected chi connectivity index (χ4v) is 3.50. The minimum absolute atomic E-state index is 0.0680. The van der Waals surface area contributed by atoms with Crippen LogP contribution in [0.1, 0.15) is 44.5 Å². The van der Waals surface area contributed by atoms with E-state index >= 15 is 0 Å². The van der Waals surface area contributed by atoms with Gasteiger partial charge in [0, 0.05) is 36.5 Å². The molecule has 0 radical (unpaired) electrons. The number of aryl methyl sites for hydroxylation is 1. The number of carbonyl (C=O) groups excluding carboxylic acids is 4. The molecule has 0 unspecified atom stereocenters. The molecule has 3 rings (SSSR count). The third kappa shape index (κ3) is 7.44. The fraction of sp³-hybridized carbons (Fsp3) is 0.192. The van der Waals surface area contributed by atoms with Gasteiger partial charge in [-0.25, -0.2) is 19.3 Å². The van der Waals surface area contributed by atoms with E-state index in [0.717, 1.165) is 4.90 Å². The van der Waals surface area contributed by atoms with Gasteiger partial charge in [-0.05, 0) is 44.0 Å². The van der Waals surface area contributed by atoms with Crippen LogP contribution in [0.15, 0.2) is 53.4 Å². The Labute approximate surface area is 232 Å². The molecule has 0 aliphatic rings. The predicted octanol–water partition coefficient (Wildman–Crippen LogP) is 2.73. The van der Waals surface area contributed by atoms with Crippen molar-refractivity contribution in [1.82, 2.24) is 15.5 Å². The number of amidine groups is 1. The van der Waals surface area contributed by atoms with Crippen LogP contribution in [0.3, 0.4) is 0 Å². The summed E-state index contributed by atoms with van der Waals surface area (Å²) < 4.78 is 14.5. The van der Waals surface area contributed by atoms with Crippen molar-refractivity contribution in [2.45, 2.75) is 20.8 Å². The zero-order chi connectivity index (χ0) is 30.1. The van der Waals surface area contributed by atoms with Crippen LogP contribution in [0.2, 0.25) is 0 Å². The summed E-state index contributed by atoms with van der Waals surface area (Å²) in [7, 11) is 0. The monoisotopic (exact) mass is 566 g/mol.